The van der Waals surface area contributed by atoms with Gasteiger partial charge in [0, 0.05) is 18.9 Å². The Labute approximate surface area is 112 Å². The number of carbonyl (C=O) groups excluding carboxylic acids is 1. The highest BCUT2D eigenvalue weighted by Crippen LogP contribution is 2.10. The van der Waals surface area contributed by atoms with Crippen molar-refractivity contribution in [3.63, 3.8) is 0 Å². The Morgan fingerprint density at radius 2 is 2.11 bits per heavy atom. The summed E-state index contributed by atoms with van der Waals surface area (Å²) in [7, 11) is 0. The summed E-state index contributed by atoms with van der Waals surface area (Å²) in [5.41, 5.74) is 7.73. The van der Waals surface area contributed by atoms with Crippen LogP contribution in [0.25, 0.3) is 0 Å². The van der Waals surface area contributed by atoms with Crippen molar-refractivity contribution >= 4 is 5.91 Å². The number of hydrogen-bond acceptors (Lipinski definition) is 3. The molecule has 0 radical (unpaired) electrons. The summed E-state index contributed by atoms with van der Waals surface area (Å²) in [5.74, 6) is -0.145. The Balaban J connectivity index is 2.06. The fourth-order valence-electron chi connectivity index (χ4n) is 1.80. The smallest absolute Gasteiger partial charge is 0.236 e. The van der Waals surface area contributed by atoms with E-state index in [-0.39, 0.29) is 5.91 Å². The first-order valence-corrected chi connectivity index (χ1v) is 6.24. The molecule has 1 amide bonds. The van der Waals surface area contributed by atoms with Crippen LogP contribution in [0.1, 0.15) is 18.1 Å². The fourth-order valence-corrected chi connectivity index (χ4v) is 1.80. The van der Waals surface area contributed by atoms with Gasteiger partial charge >= 0.3 is 0 Å². The number of nitrogens with two attached hydrogens (primary N) is 1. The minimum Gasteiger partial charge on any atom is -0.351 e. The molecule has 3 N–H and O–H groups in total. The highest BCUT2D eigenvalue weighted by molar-refractivity contribution is 5.80. The normalized spacial score (nSPS) is 12.1. The third-order valence-electron chi connectivity index (χ3n) is 2.88. The minimum absolute atomic E-state index is 0.145. The van der Waals surface area contributed by atoms with E-state index in [9.17, 15) is 4.79 Å². The molecule has 5 heteroatoms. The van der Waals surface area contributed by atoms with Crippen LogP contribution in [0.5, 0.6) is 0 Å². The average molecular weight is 258 g/mol. The number of amides is 1. The van der Waals surface area contributed by atoms with E-state index in [2.05, 4.69) is 10.4 Å². The molecular weight excluding hydrogens is 240 g/mol. The van der Waals surface area contributed by atoms with E-state index >= 15 is 0 Å². The molecule has 0 aliphatic rings. The van der Waals surface area contributed by atoms with E-state index in [0.29, 0.717) is 13.1 Å². The van der Waals surface area contributed by atoms with Gasteiger partial charge in [-0.05, 0) is 24.1 Å². The molecule has 2 rings (SSSR count). The van der Waals surface area contributed by atoms with Crippen LogP contribution in [0.2, 0.25) is 0 Å². The lowest BCUT2D eigenvalue weighted by molar-refractivity contribution is -0.122. The first kappa shape index (κ1) is 13.3. The summed E-state index contributed by atoms with van der Waals surface area (Å²) >= 11 is 0. The van der Waals surface area contributed by atoms with Crippen LogP contribution in [0.4, 0.5) is 0 Å². The van der Waals surface area contributed by atoms with E-state index in [1.165, 1.54) is 0 Å². The summed E-state index contributed by atoms with van der Waals surface area (Å²) in [5, 5.41) is 7.01. The van der Waals surface area contributed by atoms with Crippen molar-refractivity contribution in [2.45, 2.75) is 26.1 Å². The van der Waals surface area contributed by atoms with Crippen molar-refractivity contribution in [2.75, 3.05) is 0 Å². The standard InChI is InChI=1S/C14H18N4O/c1-11(15)14(19)16-9-12-5-2-3-6-13(12)10-18-8-4-7-17-18/h2-8,11H,9-10,15H2,1H3,(H,16,19). The van der Waals surface area contributed by atoms with Gasteiger partial charge in [0.2, 0.25) is 5.91 Å². The van der Waals surface area contributed by atoms with Crippen molar-refractivity contribution in [3.05, 3.63) is 53.9 Å². The first-order valence-electron chi connectivity index (χ1n) is 6.24. The molecule has 1 heterocycles. The zero-order valence-electron chi connectivity index (χ0n) is 10.9. The molecule has 0 saturated heterocycles. The van der Waals surface area contributed by atoms with Gasteiger partial charge in [0.05, 0.1) is 12.6 Å². The summed E-state index contributed by atoms with van der Waals surface area (Å²) in [6.45, 7) is 2.85. The quantitative estimate of drug-likeness (QED) is 0.836. The fraction of sp³-hybridized carbons (Fsp3) is 0.286. The Morgan fingerprint density at radius 3 is 2.74 bits per heavy atom. The van der Waals surface area contributed by atoms with Crippen molar-refractivity contribution in [3.8, 4) is 0 Å². The SMILES string of the molecule is CC(N)C(=O)NCc1ccccc1Cn1cccn1. The van der Waals surface area contributed by atoms with Crippen LogP contribution in [0, 0.1) is 0 Å². The largest absolute Gasteiger partial charge is 0.351 e. The van der Waals surface area contributed by atoms with E-state index in [1.807, 2.05) is 41.2 Å². The topological polar surface area (TPSA) is 72.9 Å². The number of carbonyl (C=O) groups is 1. The van der Waals surface area contributed by atoms with Crippen molar-refractivity contribution < 1.29 is 4.79 Å². The van der Waals surface area contributed by atoms with Crippen molar-refractivity contribution in [1.82, 2.24) is 15.1 Å². The lowest BCUT2D eigenvalue weighted by Gasteiger charge is -2.12. The number of nitrogens with one attached hydrogen (secondary N) is 1. The van der Waals surface area contributed by atoms with Gasteiger partial charge in [-0.15, -0.1) is 0 Å². The Kier molecular flexibility index (Phi) is 4.30. The third-order valence-corrected chi connectivity index (χ3v) is 2.88. The van der Waals surface area contributed by atoms with Crippen molar-refractivity contribution in [2.24, 2.45) is 5.73 Å². The molecule has 1 aromatic carbocycles. The Hall–Kier alpha value is -2.14. The summed E-state index contributed by atoms with van der Waals surface area (Å²) in [6, 6.07) is 9.38. The predicted octanol–water partition coefficient (Wildman–Crippen LogP) is 0.895. The Morgan fingerprint density at radius 1 is 1.37 bits per heavy atom. The number of hydrogen-bond donors (Lipinski definition) is 2. The number of rotatable bonds is 5. The third kappa shape index (κ3) is 3.66. The molecular formula is C14H18N4O. The van der Waals surface area contributed by atoms with Gasteiger partial charge in [-0.1, -0.05) is 24.3 Å². The highest BCUT2D eigenvalue weighted by atomic mass is 16.2. The minimum atomic E-state index is -0.488. The molecule has 1 atom stereocenters. The molecule has 1 unspecified atom stereocenters. The van der Waals surface area contributed by atoms with Crippen molar-refractivity contribution in [1.29, 1.82) is 0 Å². The summed E-state index contributed by atoms with van der Waals surface area (Å²) < 4.78 is 1.85. The van der Waals surface area contributed by atoms with Crippen LogP contribution >= 0.6 is 0 Å². The lowest BCUT2D eigenvalue weighted by atomic mass is 10.1. The zero-order valence-corrected chi connectivity index (χ0v) is 10.9. The molecule has 100 valence electrons. The van der Waals surface area contributed by atoms with Gasteiger partial charge in [-0.3, -0.25) is 9.48 Å². The number of nitrogens with zero attached hydrogens (tertiary/aromatic N) is 2. The predicted molar refractivity (Wildman–Crippen MR) is 73.3 cm³/mol. The lowest BCUT2D eigenvalue weighted by Crippen LogP contribution is -2.38. The number of benzene rings is 1. The molecule has 1 aromatic heterocycles. The van der Waals surface area contributed by atoms with Gasteiger partial charge in [0.25, 0.3) is 0 Å². The van der Waals surface area contributed by atoms with Crippen LogP contribution < -0.4 is 11.1 Å². The van der Waals surface area contributed by atoms with Gasteiger partial charge in [0.1, 0.15) is 0 Å². The van der Waals surface area contributed by atoms with Crippen LogP contribution in [0.15, 0.2) is 42.7 Å². The van der Waals surface area contributed by atoms with Gasteiger partial charge < -0.3 is 11.1 Å². The molecule has 0 fully saturated rings. The monoisotopic (exact) mass is 258 g/mol. The molecule has 19 heavy (non-hydrogen) atoms. The molecule has 0 aliphatic carbocycles. The maximum absolute atomic E-state index is 11.5. The van der Waals surface area contributed by atoms with Gasteiger partial charge in [-0.25, -0.2) is 0 Å². The van der Waals surface area contributed by atoms with Crippen LogP contribution in [-0.4, -0.2) is 21.7 Å². The maximum atomic E-state index is 11.5. The van der Waals surface area contributed by atoms with E-state index in [0.717, 1.165) is 11.1 Å². The molecule has 0 spiro atoms. The molecule has 0 bridgehead atoms. The zero-order chi connectivity index (χ0) is 13.7. The summed E-state index contributed by atoms with van der Waals surface area (Å²) in [4.78, 5) is 11.5. The molecule has 0 saturated carbocycles. The second kappa shape index (κ2) is 6.15. The van der Waals surface area contributed by atoms with E-state index < -0.39 is 6.04 Å². The Bertz CT molecular complexity index is 534. The second-order valence-corrected chi connectivity index (χ2v) is 4.48. The molecule has 2 aromatic rings. The van der Waals surface area contributed by atoms with Gasteiger partial charge in [0.15, 0.2) is 0 Å². The molecule has 5 nitrogen and oxygen atoms in total. The number of aromatic nitrogens is 2. The van der Waals surface area contributed by atoms with Gasteiger partial charge in [-0.2, -0.15) is 5.10 Å². The van der Waals surface area contributed by atoms with E-state index in [4.69, 9.17) is 5.73 Å². The molecule has 0 aliphatic heterocycles. The average Bonchev–Trinajstić information content (AvgIpc) is 2.90. The van der Waals surface area contributed by atoms with Crippen LogP contribution in [-0.2, 0) is 17.9 Å². The first-order chi connectivity index (χ1) is 9.16. The van der Waals surface area contributed by atoms with E-state index in [1.54, 1.807) is 13.1 Å². The summed E-state index contributed by atoms with van der Waals surface area (Å²) in [6.07, 6.45) is 3.66. The maximum Gasteiger partial charge on any atom is 0.236 e. The highest BCUT2D eigenvalue weighted by Gasteiger charge is 2.08. The van der Waals surface area contributed by atoms with Crippen LogP contribution in [0.3, 0.4) is 0 Å². The second-order valence-electron chi connectivity index (χ2n) is 4.48.